The highest BCUT2D eigenvalue weighted by Crippen LogP contribution is 2.33. The lowest BCUT2D eigenvalue weighted by atomic mass is 10.1. The zero-order chi connectivity index (χ0) is 22.0. The van der Waals surface area contributed by atoms with Crippen LogP contribution >= 0.6 is 22.9 Å². The first-order chi connectivity index (χ1) is 15.0. The van der Waals surface area contributed by atoms with Crippen LogP contribution < -0.4 is 0 Å². The third-order valence-corrected chi connectivity index (χ3v) is 5.99. The van der Waals surface area contributed by atoms with Crippen molar-refractivity contribution in [2.75, 3.05) is 13.2 Å². The quantitative estimate of drug-likeness (QED) is 0.488. The molecule has 31 heavy (non-hydrogen) atoms. The minimum absolute atomic E-state index is 0.130. The Morgan fingerprint density at radius 3 is 2.61 bits per heavy atom. The van der Waals surface area contributed by atoms with Crippen molar-refractivity contribution in [2.45, 2.75) is 13.5 Å². The van der Waals surface area contributed by atoms with Gasteiger partial charge in [0.2, 0.25) is 0 Å². The van der Waals surface area contributed by atoms with Crippen molar-refractivity contribution in [1.82, 2.24) is 9.88 Å². The zero-order valence-corrected chi connectivity index (χ0v) is 18.3. The lowest BCUT2D eigenvalue weighted by Gasteiger charge is -2.18. The Morgan fingerprint density at radius 2 is 1.94 bits per heavy atom. The number of rotatable bonds is 6. The van der Waals surface area contributed by atoms with E-state index in [-0.39, 0.29) is 24.1 Å². The topological polar surface area (TPSA) is 86.5 Å². The first kappa shape index (κ1) is 21.1. The Morgan fingerprint density at radius 1 is 1.23 bits per heavy atom. The van der Waals surface area contributed by atoms with Crippen LogP contribution in [0, 0.1) is 5.41 Å². The summed E-state index contributed by atoms with van der Waals surface area (Å²) < 4.78 is 5.00. The highest BCUT2D eigenvalue weighted by molar-refractivity contribution is 7.11. The van der Waals surface area contributed by atoms with Crippen LogP contribution in [-0.2, 0) is 11.3 Å². The number of halogens is 1. The summed E-state index contributed by atoms with van der Waals surface area (Å²) in [6.07, 6.45) is 0. The fourth-order valence-electron chi connectivity index (χ4n) is 3.32. The van der Waals surface area contributed by atoms with Crippen LogP contribution in [-0.4, -0.2) is 39.9 Å². The molecule has 1 aliphatic heterocycles. The lowest BCUT2D eigenvalue weighted by molar-refractivity contribution is 0.0526. The third kappa shape index (κ3) is 4.47. The molecule has 1 aromatic heterocycles. The molecule has 2 heterocycles. The van der Waals surface area contributed by atoms with Gasteiger partial charge in [-0.05, 0) is 36.8 Å². The van der Waals surface area contributed by atoms with E-state index in [4.69, 9.17) is 21.7 Å². The fraction of sp³-hybridized carbons (Fsp3) is 0.174. The summed E-state index contributed by atoms with van der Waals surface area (Å²) in [5.41, 5.74) is 3.57. The van der Waals surface area contributed by atoms with Crippen LogP contribution in [0.15, 0.2) is 59.7 Å². The number of benzene rings is 2. The summed E-state index contributed by atoms with van der Waals surface area (Å²) in [6, 6.07) is 14.5. The molecule has 0 spiro atoms. The molecular weight excluding hydrogens is 434 g/mol. The molecule has 0 saturated carbocycles. The number of hydrogen-bond acceptors (Lipinski definition) is 6. The predicted molar refractivity (Wildman–Crippen MR) is 123 cm³/mol. The molecular formula is C23H20ClN3O3S. The first-order valence-corrected chi connectivity index (χ1v) is 11.0. The molecule has 0 bridgehead atoms. The summed E-state index contributed by atoms with van der Waals surface area (Å²) in [4.78, 5) is 18.2. The number of carbonyl (C=O) groups excluding carboxylic acids is 1. The maximum atomic E-state index is 11.8. The number of nitrogens with zero attached hydrogens (tertiary/aromatic N) is 2. The summed E-state index contributed by atoms with van der Waals surface area (Å²) in [5.74, 6) is -0.000973. The molecule has 2 aromatic carbocycles. The van der Waals surface area contributed by atoms with Gasteiger partial charge in [-0.25, -0.2) is 9.78 Å². The second kappa shape index (κ2) is 8.91. The van der Waals surface area contributed by atoms with Gasteiger partial charge in [-0.2, -0.15) is 0 Å². The van der Waals surface area contributed by atoms with E-state index in [0.29, 0.717) is 34.3 Å². The van der Waals surface area contributed by atoms with Crippen LogP contribution in [0.5, 0.6) is 0 Å². The molecule has 0 amide bonds. The van der Waals surface area contributed by atoms with Gasteiger partial charge in [0.1, 0.15) is 16.6 Å². The Hall–Kier alpha value is -3.16. The van der Waals surface area contributed by atoms with E-state index in [2.05, 4.69) is 4.98 Å². The summed E-state index contributed by atoms with van der Waals surface area (Å²) in [6.45, 7) is 2.77. The highest BCUT2D eigenvalue weighted by Gasteiger charge is 2.30. The normalized spacial score (nSPS) is 13.7. The average Bonchev–Trinajstić information content (AvgIpc) is 3.34. The van der Waals surface area contributed by atoms with Crippen LogP contribution in [0.2, 0.25) is 5.02 Å². The number of hydrogen-bond donors (Lipinski definition) is 2. The van der Waals surface area contributed by atoms with E-state index in [1.807, 2.05) is 29.6 Å². The van der Waals surface area contributed by atoms with Crippen LogP contribution in [0.3, 0.4) is 0 Å². The van der Waals surface area contributed by atoms with E-state index in [1.54, 1.807) is 36.1 Å². The van der Waals surface area contributed by atoms with Crippen molar-refractivity contribution in [3.8, 4) is 11.3 Å². The summed E-state index contributed by atoms with van der Waals surface area (Å²) >= 11 is 7.34. The summed E-state index contributed by atoms with van der Waals surface area (Å²) in [5, 5.41) is 22.3. The van der Waals surface area contributed by atoms with E-state index in [0.717, 1.165) is 16.8 Å². The first-order valence-electron chi connectivity index (χ1n) is 9.70. The molecule has 0 radical (unpaired) electrons. The van der Waals surface area contributed by atoms with Gasteiger partial charge < -0.3 is 14.7 Å². The summed E-state index contributed by atoms with van der Waals surface area (Å²) in [7, 11) is 0. The lowest BCUT2D eigenvalue weighted by Crippen LogP contribution is -2.26. The predicted octanol–water partition coefficient (Wildman–Crippen LogP) is 5.40. The maximum absolute atomic E-state index is 11.8. The standard InChI is InChI=1S/C23H20ClN3O3S/c1-2-30-23(29)16-5-3-14(4-6-16)11-27-12-19(28)20(21(27)25)22-26-18(13-31-22)15-7-9-17(24)10-8-15/h3-10,13,25,28H,2,11-12H2,1H3. The van der Waals surface area contributed by atoms with Crippen LogP contribution in [0.4, 0.5) is 0 Å². The van der Waals surface area contributed by atoms with Gasteiger partial charge in [-0.1, -0.05) is 35.9 Å². The number of aliphatic hydroxyl groups is 1. The van der Waals surface area contributed by atoms with Crippen molar-refractivity contribution < 1.29 is 14.6 Å². The second-order valence-electron chi connectivity index (χ2n) is 6.99. The van der Waals surface area contributed by atoms with Gasteiger partial charge in [-0.3, -0.25) is 5.41 Å². The monoisotopic (exact) mass is 453 g/mol. The smallest absolute Gasteiger partial charge is 0.338 e. The van der Waals surface area contributed by atoms with Gasteiger partial charge in [0.15, 0.2) is 0 Å². The molecule has 1 aliphatic rings. The Balaban J connectivity index is 1.47. The molecule has 4 rings (SSSR count). The number of aromatic nitrogens is 1. The van der Waals surface area contributed by atoms with Gasteiger partial charge in [0.25, 0.3) is 0 Å². The number of esters is 1. The number of amidine groups is 1. The molecule has 6 nitrogen and oxygen atoms in total. The van der Waals surface area contributed by atoms with Crippen molar-refractivity contribution in [3.63, 3.8) is 0 Å². The molecule has 0 saturated heterocycles. The van der Waals surface area contributed by atoms with E-state index in [1.165, 1.54) is 11.3 Å². The van der Waals surface area contributed by atoms with Crippen LogP contribution in [0.25, 0.3) is 16.8 Å². The molecule has 0 unspecified atom stereocenters. The zero-order valence-electron chi connectivity index (χ0n) is 16.8. The van der Waals surface area contributed by atoms with Crippen molar-refractivity contribution >= 4 is 40.3 Å². The molecule has 3 aromatic rings. The Labute approximate surface area is 188 Å². The third-order valence-electron chi connectivity index (χ3n) is 4.88. The second-order valence-corrected chi connectivity index (χ2v) is 8.28. The van der Waals surface area contributed by atoms with Crippen molar-refractivity contribution in [1.29, 1.82) is 5.41 Å². The molecule has 0 fully saturated rings. The minimum atomic E-state index is -0.357. The SMILES string of the molecule is CCOC(=O)c1ccc(CN2CC(O)=C(c3nc(-c4ccc(Cl)cc4)cs3)C2=N)cc1. The van der Waals surface area contributed by atoms with E-state index in [9.17, 15) is 9.90 Å². The number of carbonyl (C=O) groups is 1. The number of ether oxygens (including phenoxy) is 1. The molecule has 0 aliphatic carbocycles. The molecule has 0 atom stereocenters. The Bertz CT molecular complexity index is 1150. The number of nitrogens with one attached hydrogen (secondary N) is 1. The molecule has 8 heteroatoms. The fourth-order valence-corrected chi connectivity index (χ4v) is 4.34. The Kier molecular flexibility index (Phi) is 6.06. The number of thiazole rings is 1. The van der Waals surface area contributed by atoms with Gasteiger partial charge in [0, 0.05) is 22.5 Å². The number of aliphatic hydroxyl groups excluding tert-OH is 1. The molecule has 2 N–H and O–H groups in total. The van der Waals surface area contributed by atoms with Crippen LogP contribution in [0.1, 0.15) is 27.9 Å². The molecule has 158 valence electrons. The minimum Gasteiger partial charge on any atom is -0.510 e. The van der Waals surface area contributed by atoms with Crippen molar-refractivity contribution in [3.05, 3.63) is 80.8 Å². The van der Waals surface area contributed by atoms with Gasteiger partial charge in [0.05, 0.1) is 30.0 Å². The largest absolute Gasteiger partial charge is 0.510 e. The van der Waals surface area contributed by atoms with E-state index >= 15 is 0 Å². The van der Waals surface area contributed by atoms with Gasteiger partial charge in [-0.15, -0.1) is 11.3 Å². The van der Waals surface area contributed by atoms with Gasteiger partial charge >= 0.3 is 5.97 Å². The maximum Gasteiger partial charge on any atom is 0.338 e. The van der Waals surface area contributed by atoms with E-state index < -0.39 is 0 Å². The average molecular weight is 454 g/mol. The highest BCUT2D eigenvalue weighted by atomic mass is 35.5. The van der Waals surface area contributed by atoms with Crippen molar-refractivity contribution in [2.24, 2.45) is 0 Å².